The molecule has 1 aromatic rings. The number of carboxylic acids is 1. The number of benzene rings is 1. The molecule has 0 fully saturated rings. The van der Waals surface area contributed by atoms with Crippen molar-refractivity contribution >= 4 is 5.97 Å². The fourth-order valence-electron chi connectivity index (χ4n) is 2.34. The van der Waals surface area contributed by atoms with Crippen molar-refractivity contribution in [2.24, 2.45) is 0 Å². The van der Waals surface area contributed by atoms with Crippen molar-refractivity contribution in [3.05, 3.63) is 35.4 Å². The first-order chi connectivity index (χ1) is 9.25. The molecule has 0 aliphatic carbocycles. The van der Waals surface area contributed by atoms with E-state index in [2.05, 4.69) is 38.7 Å². The highest BCUT2D eigenvalue weighted by atomic mass is 16.4. The molecular formula is C16H22N2O2. The first-order valence-corrected chi connectivity index (χ1v) is 6.74. The van der Waals surface area contributed by atoms with E-state index >= 15 is 0 Å². The summed E-state index contributed by atoms with van der Waals surface area (Å²) >= 11 is 0. The number of hydrogen-bond acceptors (Lipinski definition) is 3. The van der Waals surface area contributed by atoms with Crippen LogP contribution in [0.1, 0.15) is 51.3 Å². The van der Waals surface area contributed by atoms with E-state index in [1.165, 1.54) is 0 Å². The molecular weight excluding hydrogens is 252 g/mol. The van der Waals surface area contributed by atoms with Gasteiger partial charge in [0.1, 0.15) is 0 Å². The van der Waals surface area contributed by atoms with Gasteiger partial charge in [0.05, 0.1) is 18.1 Å². The van der Waals surface area contributed by atoms with E-state index in [4.69, 9.17) is 10.4 Å². The molecule has 0 spiro atoms. The first-order valence-electron chi connectivity index (χ1n) is 6.74. The summed E-state index contributed by atoms with van der Waals surface area (Å²) in [7, 11) is 0. The smallest absolute Gasteiger partial charge is 0.304 e. The third-order valence-corrected chi connectivity index (χ3v) is 3.42. The van der Waals surface area contributed by atoms with Crippen molar-refractivity contribution in [3.63, 3.8) is 0 Å². The minimum atomic E-state index is -0.786. The number of nitriles is 1. The van der Waals surface area contributed by atoms with Gasteiger partial charge in [-0.1, -0.05) is 12.1 Å². The fourth-order valence-corrected chi connectivity index (χ4v) is 2.34. The van der Waals surface area contributed by atoms with E-state index in [-0.39, 0.29) is 18.0 Å². The first kappa shape index (κ1) is 16.2. The van der Waals surface area contributed by atoms with Crippen LogP contribution in [0.2, 0.25) is 0 Å². The second-order valence-electron chi connectivity index (χ2n) is 5.92. The number of carboxylic acid groups (broad SMARTS) is 1. The van der Waals surface area contributed by atoms with Gasteiger partial charge in [-0.15, -0.1) is 0 Å². The zero-order valence-electron chi connectivity index (χ0n) is 12.6. The van der Waals surface area contributed by atoms with Gasteiger partial charge in [-0.25, -0.2) is 0 Å². The average molecular weight is 274 g/mol. The molecule has 0 radical (unpaired) electrons. The molecule has 1 N–H and O–H groups in total. The van der Waals surface area contributed by atoms with Gasteiger partial charge in [0.2, 0.25) is 0 Å². The highest BCUT2D eigenvalue weighted by molar-refractivity contribution is 5.66. The van der Waals surface area contributed by atoms with E-state index in [9.17, 15) is 4.79 Å². The summed E-state index contributed by atoms with van der Waals surface area (Å²) in [6.07, 6.45) is 0.123. The SMILES string of the molecule is CC(c1ccc(C#N)cc1)N(CCC(=O)O)C(C)(C)C. The fraction of sp³-hybridized carbons (Fsp3) is 0.500. The number of aliphatic carboxylic acids is 1. The van der Waals surface area contributed by atoms with Crippen molar-refractivity contribution in [1.29, 1.82) is 5.26 Å². The van der Waals surface area contributed by atoms with Crippen LogP contribution in [0, 0.1) is 11.3 Å². The van der Waals surface area contributed by atoms with Crippen LogP contribution in [-0.4, -0.2) is 28.1 Å². The molecule has 0 aliphatic heterocycles. The lowest BCUT2D eigenvalue weighted by Crippen LogP contribution is -2.44. The predicted molar refractivity (Wildman–Crippen MR) is 78.3 cm³/mol. The van der Waals surface area contributed by atoms with Crippen LogP contribution in [0.15, 0.2) is 24.3 Å². The van der Waals surface area contributed by atoms with Gasteiger partial charge in [0.15, 0.2) is 0 Å². The maximum absolute atomic E-state index is 10.8. The Hall–Kier alpha value is -1.86. The van der Waals surface area contributed by atoms with Crippen LogP contribution >= 0.6 is 0 Å². The summed E-state index contributed by atoms with van der Waals surface area (Å²) in [5.74, 6) is -0.786. The molecule has 4 nitrogen and oxygen atoms in total. The van der Waals surface area contributed by atoms with E-state index in [1.54, 1.807) is 12.1 Å². The van der Waals surface area contributed by atoms with Crippen molar-refractivity contribution < 1.29 is 9.90 Å². The van der Waals surface area contributed by atoms with Crippen molar-refractivity contribution in [3.8, 4) is 6.07 Å². The summed E-state index contributed by atoms with van der Waals surface area (Å²) < 4.78 is 0. The largest absolute Gasteiger partial charge is 0.481 e. The molecule has 0 aromatic heterocycles. The van der Waals surface area contributed by atoms with Crippen LogP contribution in [0.4, 0.5) is 0 Å². The van der Waals surface area contributed by atoms with Crippen LogP contribution in [-0.2, 0) is 4.79 Å². The Labute approximate surface area is 120 Å². The molecule has 1 rings (SSSR count). The quantitative estimate of drug-likeness (QED) is 0.895. The molecule has 1 unspecified atom stereocenters. The summed E-state index contributed by atoms with van der Waals surface area (Å²) in [5.41, 5.74) is 1.60. The number of carbonyl (C=O) groups is 1. The summed E-state index contributed by atoms with van der Waals surface area (Å²) in [6, 6.07) is 9.66. The Morgan fingerprint density at radius 2 is 1.90 bits per heavy atom. The van der Waals surface area contributed by atoms with Crippen molar-refractivity contribution in [2.75, 3.05) is 6.54 Å². The Morgan fingerprint density at radius 1 is 1.35 bits per heavy atom. The topological polar surface area (TPSA) is 64.3 Å². The molecule has 0 saturated heterocycles. The van der Waals surface area contributed by atoms with Gasteiger partial charge in [-0.05, 0) is 45.4 Å². The Balaban J connectivity index is 2.94. The monoisotopic (exact) mass is 274 g/mol. The third kappa shape index (κ3) is 4.36. The maximum atomic E-state index is 10.8. The van der Waals surface area contributed by atoms with E-state index in [0.29, 0.717) is 12.1 Å². The second kappa shape index (κ2) is 6.53. The molecule has 108 valence electrons. The lowest BCUT2D eigenvalue weighted by atomic mass is 9.98. The number of rotatable bonds is 5. The summed E-state index contributed by atoms with van der Waals surface area (Å²) in [5, 5.41) is 17.7. The van der Waals surface area contributed by atoms with Gasteiger partial charge in [0.25, 0.3) is 0 Å². The zero-order chi connectivity index (χ0) is 15.3. The maximum Gasteiger partial charge on any atom is 0.304 e. The van der Waals surface area contributed by atoms with Crippen LogP contribution in [0.3, 0.4) is 0 Å². The molecule has 0 bridgehead atoms. The van der Waals surface area contributed by atoms with Crippen molar-refractivity contribution in [1.82, 2.24) is 4.90 Å². The van der Waals surface area contributed by atoms with Gasteiger partial charge < -0.3 is 5.11 Å². The van der Waals surface area contributed by atoms with Gasteiger partial charge in [-0.2, -0.15) is 5.26 Å². The standard InChI is InChI=1S/C16H22N2O2/c1-12(14-7-5-13(11-17)6-8-14)18(16(2,3)4)10-9-15(19)20/h5-8,12H,9-10H2,1-4H3,(H,19,20). The van der Waals surface area contributed by atoms with Gasteiger partial charge in [-0.3, -0.25) is 9.69 Å². The Kier molecular flexibility index (Phi) is 5.29. The zero-order valence-corrected chi connectivity index (χ0v) is 12.6. The third-order valence-electron chi connectivity index (χ3n) is 3.42. The number of hydrogen-bond donors (Lipinski definition) is 1. The highest BCUT2D eigenvalue weighted by Gasteiger charge is 2.27. The lowest BCUT2D eigenvalue weighted by Gasteiger charge is -2.40. The second-order valence-corrected chi connectivity index (χ2v) is 5.92. The Bertz CT molecular complexity index is 495. The van der Waals surface area contributed by atoms with Crippen LogP contribution in [0.25, 0.3) is 0 Å². The summed E-state index contributed by atoms with van der Waals surface area (Å²) in [6.45, 7) is 8.80. The van der Waals surface area contributed by atoms with Crippen LogP contribution in [0.5, 0.6) is 0 Å². The molecule has 1 atom stereocenters. The minimum Gasteiger partial charge on any atom is -0.481 e. The minimum absolute atomic E-state index is 0.0992. The molecule has 0 heterocycles. The molecule has 0 saturated carbocycles. The van der Waals surface area contributed by atoms with Crippen LogP contribution < -0.4 is 0 Å². The lowest BCUT2D eigenvalue weighted by molar-refractivity contribution is -0.137. The molecule has 0 amide bonds. The Morgan fingerprint density at radius 3 is 2.30 bits per heavy atom. The van der Waals surface area contributed by atoms with E-state index in [1.807, 2.05) is 12.1 Å². The van der Waals surface area contributed by atoms with Gasteiger partial charge >= 0.3 is 5.97 Å². The van der Waals surface area contributed by atoms with E-state index < -0.39 is 5.97 Å². The molecule has 1 aromatic carbocycles. The molecule has 0 aliphatic rings. The normalized spacial score (nSPS) is 13.0. The number of nitrogens with zero attached hydrogens (tertiary/aromatic N) is 2. The summed E-state index contributed by atoms with van der Waals surface area (Å²) in [4.78, 5) is 13.0. The van der Waals surface area contributed by atoms with Gasteiger partial charge in [0, 0.05) is 18.1 Å². The molecule has 4 heteroatoms. The highest BCUT2D eigenvalue weighted by Crippen LogP contribution is 2.28. The molecule has 20 heavy (non-hydrogen) atoms. The van der Waals surface area contributed by atoms with E-state index in [0.717, 1.165) is 5.56 Å². The predicted octanol–water partition coefficient (Wildman–Crippen LogP) is 3.19. The average Bonchev–Trinajstić information content (AvgIpc) is 2.37. The van der Waals surface area contributed by atoms with Crippen molar-refractivity contribution in [2.45, 2.75) is 45.7 Å².